The molecule has 0 amide bonds. The number of hydrogen-bond donors (Lipinski definition) is 2. The highest BCUT2D eigenvalue weighted by Crippen LogP contribution is 2.25. The Morgan fingerprint density at radius 1 is 0.684 bits per heavy atom. The summed E-state index contributed by atoms with van der Waals surface area (Å²) in [5.41, 5.74) is -1.50. The molecule has 0 rings (SSSR count). The van der Waals surface area contributed by atoms with Crippen molar-refractivity contribution in [2.24, 2.45) is 0 Å². The van der Waals surface area contributed by atoms with E-state index in [1.165, 1.54) is 51.4 Å². The van der Waals surface area contributed by atoms with E-state index in [0.717, 1.165) is 12.8 Å². The lowest BCUT2D eigenvalue weighted by Gasteiger charge is -2.30. The van der Waals surface area contributed by atoms with Gasteiger partial charge in [-0.25, -0.2) is 0 Å². The maximum Gasteiger partial charge on any atom is 0.0646 e. The summed E-state index contributed by atoms with van der Waals surface area (Å²) in [5, 5.41) is 19.9. The molecule has 0 bridgehead atoms. The zero-order valence-corrected chi connectivity index (χ0v) is 13.7. The summed E-state index contributed by atoms with van der Waals surface area (Å²) in [6, 6.07) is 0. The first-order valence-corrected chi connectivity index (χ1v) is 8.21. The van der Waals surface area contributed by atoms with Gasteiger partial charge in [0.1, 0.15) is 0 Å². The lowest BCUT2D eigenvalue weighted by Crippen LogP contribution is -2.35. The molecule has 2 N–H and O–H groups in total. The topological polar surface area (TPSA) is 40.5 Å². The molecule has 0 aromatic heterocycles. The molecule has 0 aliphatic heterocycles. The Balaban J connectivity index is 3.43. The minimum absolute atomic E-state index is 0.455. The first-order valence-electron chi connectivity index (χ1n) is 8.21. The van der Waals surface area contributed by atoms with Crippen molar-refractivity contribution in [2.45, 2.75) is 110 Å². The van der Waals surface area contributed by atoms with Crippen molar-refractivity contribution in [3.8, 4) is 0 Å². The fourth-order valence-corrected chi connectivity index (χ4v) is 2.84. The first kappa shape index (κ1) is 18.9. The van der Waals surface area contributed by atoms with Gasteiger partial charge in [0.15, 0.2) is 0 Å². The highest BCUT2D eigenvalue weighted by molar-refractivity contribution is 4.81. The van der Waals surface area contributed by atoms with Crippen LogP contribution in [0.1, 0.15) is 98.3 Å². The van der Waals surface area contributed by atoms with Gasteiger partial charge in [0.25, 0.3) is 0 Å². The van der Waals surface area contributed by atoms with Gasteiger partial charge >= 0.3 is 0 Å². The molecule has 19 heavy (non-hydrogen) atoms. The standard InChI is InChI=1S/C17H36O2/c1-5-6-7-8-9-10-11-12-13-14-17(4,19)15-16(2,3)18/h18-19H,5-15H2,1-4H3. The Kier molecular flexibility index (Phi) is 9.72. The van der Waals surface area contributed by atoms with E-state index in [9.17, 15) is 10.2 Å². The van der Waals surface area contributed by atoms with Crippen molar-refractivity contribution in [1.29, 1.82) is 0 Å². The molecule has 0 saturated heterocycles. The summed E-state index contributed by atoms with van der Waals surface area (Å²) in [5.74, 6) is 0. The maximum absolute atomic E-state index is 10.2. The maximum atomic E-state index is 10.2. The third-order valence-corrected chi connectivity index (χ3v) is 3.63. The second-order valence-electron chi connectivity index (χ2n) is 7.06. The van der Waals surface area contributed by atoms with E-state index >= 15 is 0 Å². The SMILES string of the molecule is CCCCCCCCCCCC(C)(O)CC(C)(C)O. The van der Waals surface area contributed by atoms with Gasteiger partial charge in [-0.1, -0.05) is 64.7 Å². The van der Waals surface area contributed by atoms with Crippen LogP contribution < -0.4 is 0 Å². The van der Waals surface area contributed by atoms with E-state index in [1.54, 1.807) is 13.8 Å². The van der Waals surface area contributed by atoms with Gasteiger partial charge in [0.05, 0.1) is 11.2 Å². The molecule has 116 valence electrons. The molecule has 0 saturated carbocycles. The van der Waals surface area contributed by atoms with Gasteiger partial charge in [0.2, 0.25) is 0 Å². The lowest BCUT2D eigenvalue weighted by atomic mass is 9.87. The van der Waals surface area contributed by atoms with E-state index in [4.69, 9.17) is 0 Å². The summed E-state index contributed by atoms with van der Waals surface area (Å²) in [4.78, 5) is 0. The van der Waals surface area contributed by atoms with Crippen molar-refractivity contribution >= 4 is 0 Å². The van der Waals surface area contributed by atoms with Crippen LogP contribution in [0.4, 0.5) is 0 Å². The van der Waals surface area contributed by atoms with Crippen molar-refractivity contribution < 1.29 is 10.2 Å². The molecule has 2 heteroatoms. The summed E-state index contributed by atoms with van der Waals surface area (Å²) in [7, 11) is 0. The third kappa shape index (κ3) is 14.1. The van der Waals surface area contributed by atoms with Crippen LogP contribution in [-0.2, 0) is 0 Å². The monoisotopic (exact) mass is 272 g/mol. The Bertz CT molecular complexity index is 204. The predicted molar refractivity (Wildman–Crippen MR) is 83.4 cm³/mol. The molecule has 0 heterocycles. The molecule has 0 fully saturated rings. The molecule has 1 unspecified atom stereocenters. The smallest absolute Gasteiger partial charge is 0.0646 e. The first-order chi connectivity index (χ1) is 8.77. The van der Waals surface area contributed by atoms with Crippen LogP contribution >= 0.6 is 0 Å². The van der Waals surface area contributed by atoms with E-state index in [-0.39, 0.29) is 0 Å². The van der Waals surface area contributed by atoms with Gasteiger partial charge in [-0.2, -0.15) is 0 Å². The van der Waals surface area contributed by atoms with Gasteiger partial charge in [-0.15, -0.1) is 0 Å². The third-order valence-electron chi connectivity index (χ3n) is 3.63. The van der Waals surface area contributed by atoms with Gasteiger partial charge in [-0.3, -0.25) is 0 Å². The fourth-order valence-electron chi connectivity index (χ4n) is 2.84. The highest BCUT2D eigenvalue weighted by Gasteiger charge is 2.28. The molecule has 0 aliphatic carbocycles. The number of unbranched alkanes of at least 4 members (excludes halogenated alkanes) is 8. The zero-order chi connectivity index (χ0) is 14.8. The number of aliphatic hydroxyl groups is 2. The summed E-state index contributed by atoms with van der Waals surface area (Å²) in [6.07, 6.45) is 13.0. The van der Waals surface area contributed by atoms with Gasteiger partial charge in [-0.05, 0) is 27.2 Å². The highest BCUT2D eigenvalue weighted by atomic mass is 16.3. The molecule has 0 aromatic carbocycles. The molecule has 0 radical (unpaired) electrons. The fraction of sp³-hybridized carbons (Fsp3) is 1.00. The van der Waals surface area contributed by atoms with Crippen LogP contribution in [-0.4, -0.2) is 21.4 Å². The number of rotatable bonds is 12. The van der Waals surface area contributed by atoms with Crippen LogP contribution in [0.5, 0.6) is 0 Å². The normalized spacial score (nSPS) is 15.5. The predicted octanol–water partition coefficient (Wildman–Crippen LogP) is 4.82. The number of hydrogen-bond acceptors (Lipinski definition) is 2. The van der Waals surface area contributed by atoms with Crippen LogP contribution in [0.2, 0.25) is 0 Å². The van der Waals surface area contributed by atoms with E-state index < -0.39 is 11.2 Å². The summed E-state index contributed by atoms with van der Waals surface area (Å²) in [6.45, 7) is 7.62. The van der Waals surface area contributed by atoms with E-state index in [2.05, 4.69) is 6.92 Å². The van der Waals surface area contributed by atoms with Crippen LogP contribution in [0.25, 0.3) is 0 Å². The zero-order valence-electron chi connectivity index (χ0n) is 13.7. The Morgan fingerprint density at radius 3 is 1.53 bits per heavy atom. The minimum Gasteiger partial charge on any atom is -0.390 e. The minimum atomic E-state index is -0.775. The Hall–Kier alpha value is -0.0800. The van der Waals surface area contributed by atoms with Crippen molar-refractivity contribution in [3.63, 3.8) is 0 Å². The molecule has 0 spiro atoms. The largest absolute Gasteiger partial charge is 0.390 e. The van der Waals surface area contributed by atoms with Crippen LogP contribution in [0.15, 0.2) is 0 Å². The van der Waals surface area contributed by atoms with Crippen molar-refractivity contribution in [1.82, 2.24) is 0 Å². The van der Waals surface area contributed by atoms with Crippen molar-refractivity contribution in [2.75, 3.05) is 0 Å². The molecular weight excluding hydrogens is 236 g/mol. The second kappa shape index (κ2) is 9.77. The average Bonchev–Trinajstić information content (AvgIpc) is 2.23. The Labute approximate surface area is 120 Å². The molecule has 0 aliphatic rings. The quantitative estimate of drug-likeness (QED) is 0.500. The molecule has 0 aromatic rings. The Morgan fingerprint density at radius 2 is 1.11 bits per heavy atom. The lowest BCUT2D eigenvalue weighted by molar-refractivity contribution is -0.0409. The summed E-state index contributed by atoms with van der Waals surface area (Å²) >= 11 is 0. The van der Waals surface area contributed by atoms with Gasteiger partial charge in [0, 0.05) is 6.42 Å². The molecule has 1 atom stereocenters. The van der Waals surface area contributed by atoms with Gasteiger partial charge < -0.3 is 10.2 Å². The van der Waals surface area contributed by atoms with Crippen LogP contribution in [0.3, 0.4) is 0 Å². The van der Waals surface area contributed by atoms with E-state index in [0.29, 0.717) is 6.42 Å². The molecule has 2 nitrogen and oxygen atoms in total. The van der Waals surface area contributed by atoms with Crippen molar-refractivity contribution in [3.05, 3.63) is 0 Å². The average molecular weight is 272 g/mol. The van der Waals surface area contributed by atoms with Crippen LogP contribution in [0, 0.1) is 0 Å². The van der Waals surface area contributed by atoms with E-state index in [1.807, 2.05) is 6.92 Å². The second-order valence-corrected chi connectivity index (χ2v) is 7.06. The summed E-state index contributed by atoms with van der Waals surface area (Å²) < 4.78 is 0. The molecular formula is C17H36O2.